The second-order valence-corrected chi connectivity index (χ2v) is 8.48. The van der Waals surface area contributed by atoms with E-state index in [2.05, 4.69) is 15.4 Å². The molecule has 0 bridgehead atoms. The highest BCUT2D eigenvalue weighted by Crippen LogP contribution is 2.21. The molecule has 0 amide bonds. The SMILES string of the molecule is Cc1cccc(NC(=S)Nc2ccc(S(=O)(=O)Nc3ccccc3C)cc2)c1. The van der Waals surface area contributed by atoms with Crippen LogP contribution in [0.3, 0.4) is 0 Å². The summed E-state index contributed by atoms with van der Waals surface area (Å²) in [6.45, 7) is 3.86. The summed E-state index contributed by atoms with van der Waals surface area (Å²) in [5.41, 5.74) is 4.13. The van der Waals surface area contributed by atoms with Crippen molar-refractivity contribution in [1.82, 2.24) is 0 Å². The summed E-state index contributed by atoms with van der Waals surface area (Å²) in [5.74, 6) is 0. The van der Waals surface area contributed by atoms with Gasteiger partial charge in [0, 0.05) is 11.4 Å². The first-order chi connectivity index (χ1) is 13.3. The molecule has 0 aliphatic rings. The third kappa shape index (κ3) is 5.09. The summed E-state index contributed by atoms with van der Waals surface area (Å²) in [6.07, 6.45) is 0. The summed E-state index contributed by atoms with van der Waals surface area (Å²) < 4.78 is 27.8. The number of thiocarbonyl (C=S) groups is 1. The van der Waals surface area contributed by atoms with Gasteiger partial charge in [-0.2, -0.15) is 0 Å². The van der Waals surface area contributed by atoms with Gasteiger partial charge in [-0.25, -0.2) is 8.42 Å². The van der Waals surface area contributed by atoms with Crippen LogP contribution in [0.4, 0.5) is 17.1 Å². The summed E-state index contributed by atoms with van der Waals surface area (Å²) in [7, 11) is -3.66. The van der Waals surface area contributed by atoms with Crippen molar-refractivity contribution >= 4 is 44.4 Å². The Bertz CT molecular complexity index is 1090. The first kappa shape index (κ1) is 19.9. The van der Waals surface area contributed by atoms with Crippen LogP contribution in [0.5, 0.6) is 0 Å². The van der Waals surface area contributed by atoms with E-state index in [0.717, 1.165) is 16.8 Å². The molecule has 3 rings (SSSR count). The second kappa shape index (κ2) is 8.41. The van der Waals surface area contributed by atoms with Crippen LogP contribution in [0, 0.1) is 13.8 Å². The molecular weight excluding hydrogens is 390 g/mol. The van der Waals surface area contributed by atoms with Crippen molar-refractivity contribution in [2.45, 2.75) is 18.7 Å². The molecule has 0 atom stereocenters. The molecule has 144 valence electrons. The number of benzene rings is 3. The van der Waals surface area contributed by atoms with E-state index < -0.39 is 10.0 Å². The van der Waals surface area contributed by atoms with E-state index >= 15 is 0 Å². The van der Waals surface area contributed by atoms with Crippen molar-refractivity contribution in [3.63, 3.8) is 0 Å². The highest BCUT2D eigenvalue weighted by molar-refractivity contribution is 7.92. The molecule has 0 radical (unpaired) electrons. The van der Waals surface area contributed by atoms with Crippen molar-refractivity contribution < 1.29 is 8.42 Å². The van der Waals surface area contributed by atoms with Gasteiger partial charge in [0.25, 0.3) is 10.0 Å². The van der Waals surface area contributed by atoms with Gasteiger partial charge in [0.15, 0.2) is 5.11 Å². The largest absolute Gasteiger partial charge is 0.332 e. The number of nitrogens with one attached hydrogen (secondary N) is 3. The van der Waals surface area contributed by atoms with Gasteiger partial charge in [0.2, 0.25) is 0 Å². The molecule has 0 saturated heterocycles. The number of sulfonamides is 1. The summed E-state index contributed by atoms with van der Waals surface area (Å²) in [4.78, 5) is 0.180. The average Bonchev–Trinajstić information content (AvgIpc) is 2.64. The minimum Gasteiger partial charge on any atom is -0.332 e. The molecule has 0 saturated carbocycles. The lowest BCUT2D eigenvalue weighted by Crippen LogP contribution is -2.19. The number of rotatable bonds is 5. The topological polar surface area (TPSA) is 70.2 Å². The Hall–Kier alpha value is -2.90. The number of aryl methyl sites for hydroxylation is 2. The molecule has 3 N–H and O–H groups in total. The summed E-state index contributed by atoms with van der Waals surface area (Å²) >= 11 is 5.32. The normalized spacial score (nSPS) is 10.9. The number of hydrogen-bond acceptors (Lipinski definition) is 3. The molecule has 0 aliphatic carbocycles. The molecule has 0 fully saturated rings. The van der Waals surface area contributed by atoms with Crippen LogP contribution >= 0.6 is 12.2 Å². The Labute approximate surface area is 170 Å². The van der Waals surface area contributed by atoms with E-state index in [9.17, 15) is 8.42 Å². The Morgan fingerprint density at radius 3 is 2.18 bits per heavy atom. The predicted octanol–water partition coefficient (Wildman–Crippen LogP) is 4.91. The molecule has 0 aliphatic heterocycles. The summed E-state index contributed by atoms with van der Waals surface area (Å²) in [6, 6.07) is 21.5. The van der Waals surface area contributed by atoms with Crippen LogP contribution in [0.15, 0.2) is 77.7 Å². The average molecular weight is 412 g/mol. The Kier molecular flexibility index (Phi) is 5.96. The lowest BCUT2D eigenvalue weighted by atomic mass is 10.2. The maximum atomic E-state index is 12.6. The van der Waals surface area contributed by atoms with E-state index in [-0.39, 0.29) is 4.90 Å². The van der Waals surface area contributed by atoms with E-state index in [1.807, 2.05) is 50.2 Å². The van der Waals surface area contributed by atoms with Gasteiger partial charge in [-0.1, -0.05) is 30.3 Å². The molecule has 5 nitrogen and oxygen atoms in total. The molecule has 3 aromatic carbocycles. The van der Waals surface area contributed by atoms with Crippen LogP contribution in [-0.2, 0) is 10.0 Å². The van der Waals surface area contributed by atoms with Crippen LogP contribution < -0.4 is 15.4 Å². The van der Waals surface area contributed by atoms with Crippen molar-refractivity contribution in [3.8, 4) is 0 Å². The molecule has 0 unspecified atom stereocenters. The summed E-state index contributed by atoms with van der Waals surface area (Å²) in [5, 5.41) is 6.59. The van der Waals surface area contributed by atoms with Crippen LogP contribution in [0.2, 0.25) is 0 Å². The van der Waals surface area contributed by atoms with Gasteiger partial charge < -0.3 is 10.6 Å². The molecule has 0 aromatic heterocycles. The molecule has 28 heavy (non-hydrogen) atoms. The lowest BCUT2D eigenvalue weighted by molar-refractivity contribution is 0.601. The van der Waals surface area contributed by atoms with Crippen molar-refractivity contribution in [1.29, 1.82) is 0 Å². The Balaban J connectivity index is 1.67. The first-order valence-electron chi connectivity index (χ1n) is 8.67. The quantitative estimate of drug-likeness (QED) is 0.520. The minimum absolute atomic E-state index is 0.180. The molecule has 7 heteroatoms. The highest BCUT2D eigenvalue weighted by atomic mass is 32.2. The fourth-order valence-electron chi connectivity index (χ4n) is 2.62. The monoisotopic (exact) mass is 411 g/mol. The Morgan fingerprint density at radius 1 is 0.821 bits per heavy atom. The number of hydrogen-bond donors (Lipinski definition) is 3. The first-order valence-corrected chi connectivity index (χ1v) is 10.6. The fraction of sp³-hybridized carbons (Fsp3) is 0.0952. The standard InChI is InChI=1S/C21H21N3O2S2/c1-15-6-5-8-18(14-15)23-21(27)22-17-10-12-19(13-11-17)28(25,26)24-20-9-4-3-7-16(20)2/h3-14,24H,1-2H3,(H2,22,23,27). The maximum Gasteiger partial charge on any atom is 0.261 e. The zero-order valence-corrected chi connectivity index (χ0v) is 17.2. The zero-order valence-electron chi connectivity index (χ0n) is 15.6. The number of anilines is 3. The molecular formula is C21H21N3O2S2. The maximum absolute atomic E-state index is 12.6. The fourth-order valence-corrected chi connectivity index (χ4v) is 3.99. The number of para-hydroxylation sites is 1. The third-order valence-electron chi connectivity index (χ3n) is 4.09. The predicted molar refractivity (Wildman–Crippen MR) is 119 cm³/mol. The van der Waals surface area contributed by atoms with E-state index in [0.29, 0.717) is 16.5 Å². The van der Waals surface area contributed by atoms with Crippen LogP contribution in [0.25, 0.3) is 0 Å². The smallest absolute Gasteiger partial charge is 0.261 e. The minimum atomic E-state index is -3.66. The van der Waals surface area contributed by atoms with Gasteiger partial charge in [0.1, 0.15) is 0 Å². The van der Waals surface area contributed by atoms with Crippen molar-refractivity contribution in [3.05, 3.63) is 83.9 Å². The second-order valence-electron chi connectivity index (χ2n) is 6.39. The van der Waals surface area contributed by atoms with E-state index in [1.165, 1.54) is 12.1 Å². The molecule has 0 spiro atoms. The van der Waals surface area contributed by atoms with Crippen molar-refractivity contribution in [2.24, 2.45) is 0 Å². The third-order valence-corrected chi connectivity index (χ3v) is 5.67. The van der Waals surface area contributed by atoms with Crippen LogP contribution in [0.1, 0.15) is 11.1 Å². The highest BCUT2D eigenvalue weighted by Gasteiger charge is 2.15. The van der Waals surface area contributed by atoms with Crippen molar-refractivity contribution in [2.75, 3.05) is 15.4 Å². The lowest BCUT2D eigenvalue weighted by Gasteiger charge is -2.13. The van der Waals surface area contributed by atoms with E-state index in [4.69, 9.17) is 12.2 Å². The van der Waals surface area contributed by atoms with Gasteiger partial charge in [-0.15, -0.1) is 0 Å². The Morgan fingerprint density at radius 2 is 1.50 bits per heavy atom. The van der Waals surface area contributed by atoms with Gasteiger partial charge >= 0.3 is 0 Å². The van der Waals surface area contributed by atoms with Gasteiger partial charge in [-0.3, -0.25) is 4.72 Å². The molecule has 3 aromatic rings. The van der Waals surface area contributed by atoms with E-state index in [1.54, 1.807) is 24.3 Å². The van der Waals surface area contributed by atoms with Gasteiger partial charge in [-0.05, 0) is 79.7 Å². The zero-order chi connectivity index (χ0) is 20.1. The van der Waals surface area contributed by atoms with Gasteiger partial charge in [0.05, 0.1) is 10.6 Å². The molecule has 0 heterocycles. The van der Waals surface area contributed by atoms with Crippen LogP contribution in [-0.4, -0.2) is 13.5 Å².